The van der Waals surface area contributed by atoms with Crippen LogP contribution in [-0.2, 0) is 11.3 Å². The van der Waals surface area contributed by atoms with Crippen LogP contribution >= 0.6 is 11.3 Å². The van der Waals surface area contributed by atoms with Gasteiger partial charge in [0.15, 0.2) is 0 Å². The lowest BCUT2D eigenvalue weighted by molar-refractivity contribution is -0.119. The summed E-state index contributed by atoms with van der Waals surface area (Å²) in [5.41, 5.74) is 0.785. The van der Waals surface area contributed by atoms with Crippen LogP contribution in [0.1, 0.15) is 12.8 Å². The van der Waals surface area contributed by atoms with Gasteiger partial charge in [-0.1, -0.05) is 18.2 Å². The number of nitrogens with zero attached hydrogens (tertiary/aromatic N) is 2. The van der Waals surface area contributed by atoms with Crippen molar-refractivity contribution < 1.29 is 9.90 Å². The molecule has 2 aromatic heterocycles. The van der Waals surface area contributed by atoms with Crippen molar-refractivity contribution in [2.75, 3.05) is 11.9 Å². The molecule has 0 fully saturated rings. The number of aliphatic hydroxyl groups excluding tert-OH is 1. The van der Waals surface area contributed by atoms with Crippen molar-refractivity contribution in [3.8, 4) is 10.6 Å². The third kappa shape index (κ3) is 4.40. The van der Waals surface area contributed by atoms with Crippen molar-refractivity contribution in [2.24, 2.45) is 5.92 Å². The number of carbonyl (C=O) groups is 1. The number of carbonyl (C=O) groups excluding carboxylic acids is 1. The zero-order chi connectivity index (χ0) is 16.7. The van der Waals surface area contributed by atoms with Crippen molar-refractivity contribution in [3.05, 3.63) is 48.9 Å². The molecule has 6 heteroatoms. The smallest absolute Gasteiger partial charge is 0.229 e. The number of thiophene rings is 1. The summed E-state index contributed by atoms with van der Waals surface area (Å²) in [5.74, 6) is 0.292. The lowest BCUT2D eigenvalue weighted by Crippen LogP contribution is -2.24. The number of amides is 1. The Kier molecular flexibility index (Phi) is 6.31. The standard InChI is InChI=1S/C17H21N3O2S/c1-3-6-13(7-4-2)17(22)18-16-12-14(15-8-5-11-23-15)19-20(16)9-10-21/h3-5,8,11-13,21H,1-2,6-7,9-10H2,(H,18,22). The molecule has 2 N–H and O–H groups in total. The first kappa shape index (κ1) is 17.2. The molecular weight excluding hydrogens is 310 g/mol. The highest BCUT2D eigenvalue weighted by Crippen LogP contribution is 2.26. The molecule has 0 aliphatic heterocycles. The molecule has 0 radical (unpaired) electrons. The minimum atomic E-state index is -0.201. The molecule has 0 atom stereocenters. The summed E-state index contributed by atoms with van der Waals surface area (Å²) >= 11 is 1.58. The van der Waals surface area contributed by atoms with Gasteiger partial charge in [0.05, 0.1) is 18.0 Å². The molecule has 1 amide bonds. The Bertz CT molecular complexity index is 651. The van der Waals surface area contributed by atoms with Gasteiger partial charge in [-0.15, -0.1) is 24.5 Å². The highest BCUT2D eigenvalue weighted by atomic mass is 32.1. The number of anilines is 1. The molecule has 122 valence electrons. The van der Waals surface area contributed by atoms with Gasteiger partial charge in [0.2, 0.25) is 5.91 Å². The minimum Gasteiger partial charge on any atom is -0.394 e. The van der Waals surface area contributed by atoms with Crippen LogP contribution in [0.25, 0.3) is 10.6 Å². The second kappa shape index (κ2) is 8.45. The third-order valence-electron chi connectivity index (χ3n) is 3.39. The average molecular weight is 331 g/mol. The molecule has 0 aliphatic rings. The van der Waals surface area contributed by atoms with E-state index in [-0.39, 0.29) is 18.4 Å². The molecule has 2 heterocycles. The normalized spacial score (nSPS) is 10.7. The fourth-order valence-electron chi connectivity index (χ4n) is 2.27. The van der Waals surface area contributed by atoms with Gasteiger partial charge in [0.1, 0.15) is 11.5 Å². The highest BCUT2D eigenvalue weighted by molar-refractivity contribution is 7.13. The van der Waals surface area contributed by atoms with Crippen LogP contribution in [-0.4, -0.2) is 27.4 Å². The Balaban J connectivity index is 2.21. The second-order valence-corrected chi connectivity index (χ2v) is 6.02. The van der Waals surface area contributed by atoms with Crippen LogP contribution in [0.5, 0.6) is 0 Å². The molecular formula is C17H21N3O2S. The van der Waals surface area contributed by atoms with Crippen molar-refractivity contribution in [1.29, 1.82) is 0 Å². The maximum atomic E-state index is 12.4. The number of allylic oxidation sites excluding steroid dienone is 2. The predicted molar refractivity (Wildman–Crippen MR) is 94.4 cm³/mol. The van der Waals surface area contributed by atoms with Crippen LogP contribution in [0.2, 0.25) is 0 Å². The molecule has 5 nitrogen and oxygen atoms in total. The van der Waals surface area contributed by atoms with E-state index in [4.69, 9.17) is 0 Å². The van der Waals surface area contributed by atoms with Gasteiger partial charge in [0, 0.05) is 12.0 Å². The Morgan fingerprint density at radius 1 is 1.43 bits per heavy atom. The number of nitrogens with one attached hydrogen (secondary N) is 1. The van der Waals surface area contributed by atoms with E-state index in [2.05, 4.69) is 23.6 Å². The zero-order valence-corrected chi connectivity index (χ0v) is 13.8. The van der Waals surface area contributed by atoms with E-state index in [1.165, 1.54) is 0 Å². The first-order chi connectivity index (χ1) is 11.2. The lowest BCUT2D eigenvalue weighted by Gasteiger charge is -2.14. The van der Waals surface area contributed by atoms with Gasteiger partial charge in [-0.25, -0.2) is 4.68 Å². The predicted octanol–water partition coefficient (Wildman–Crippen LogP) is 3.31. The van der Waals surface area contributed by atoms with Crippen molar-refractivity contribution in [2.45, 2.75) is 19.4 Å². The summed E-state index contributed by atoms with van der Waals surface area (Å²) < 4.78 is 1.62. The summed E-state index contributed by atoms with van der Waals surface area (Å²) in [5, 5.41) is 18.5. The van der Waals surface area contributed by atoms with Gasteiger partial charge >= 0.3 is 0 Å². The van der Waals surface area contributed by atoms with Crippen molar-refractivity contribution in [3.63, 3.8) is 0 Å². The Hall–Kier alpha value is -2.18. The fourth-order valence-corrected chi connectivity index (χ4v) is 2.95. The van der Waals surface area contributed by atoms with Gasteiger partial charge in [-0.05, 0) is 24.3 Å². The molecule has 0 aliphatic carbocycles. The van der Waals surface area contributed by atoms with Crippen molar-refractivity contribution >= 4 is 23.1 Å². The van der Waals surface area contributed by atoms with Gasteiger partial charge < -0.3 is 10.4 Å². The molecule has 0 spiro atoms. The van der Waals surface area contributed by atoms with E-state index in [0.717, 1.165) is 10.6 Å². The average Bonchev–Trinajstić information content (AvgIpc) is 3.17. The van der Waals surface area contributed by atoms with E-state index < -0.39 is 0 Å². The Morgan fingerprint density at radius 2 is 2.17 bits per heavy atom. The molecule has 2 aromatic rings. The zero-order valence-electron chi connectivity index (χ0n) is 12.9. The first-order valence-corrected chi connectivity index (χ1v) is 8.32. The van der Waals surface area contributed by atoms with Crippen LogP contribution in [0, 0.1) is 5.92 Å². The summed E-state index contributed by atoms with van der Waals surface area (Å²) in [6.07, 6.45) is 4.64. The second-order valence-electron chi connectivity index (χ2n) is 5.07. The van der Waals surface area contributed by atoms with E-state index in [1.807, 2.05) is 23.6 Å². The monoisotopic (exact) mass is 331 g/mol. The van der Waals surface area contributed by atoms with Crippen molar-refractivity contribution in [1.82, 2.24) is 9.78 Å². The SMILES string of the molecule is C=CCC(CC=C)C(=O)Nc1cc(-c2cccs2)nn1CCO. The Labute approximate surface area is 140 Å². The maximum Gasteiger partial charge on any atom is 0.229 e. The third-order valence-corrected chi connectivity index (χ3v) is 4.28. The maximum absolute atomic E-state index is 12.4. The van der Waals surface area contributed by atoms with E-state index in [1.54, 1.807) is 28.2 Å². The highest BCUT2D eigenvalue weighted by Gasteiger charge is 2.18. The summed E-state index contributed by atoms with van der Waals surface area (Å²) in [4.78, 5) is 13.5. The quantitative estimate of drug-likeness (QED) is 0.693. The van der Waals surface area contributed by atoms with E-state index in [0.29, 0.717) is 25.2 Å². The molecule has 0 unspecified atom stereocenters. The first-order valence-electron chi connectivity index (χ1n) is 7.44. The van der Waals surface area contributed by atoms with Crippen LogP contribution in [0.3, 0.4) is 0 Å². The number of aliphatic hydroxyl groups is 1. The molecule has 0 saturated heterocycles. The topological polar surface area (TPSA) is 67.2 Å². The van der Waals surface area contributed by atoms with E-state index >= 15 is 0 Å². The number of hydrogen-bond acceptors (Lipinski definition) is 4. The molecule has 0 saturated carbocycles. The lowest BCUT2D eigenvalue weighted by atomic mass is 10.0. The van der Waals surface area contributed by atoms with Gasteiger partial charge in [-0.3, -0.25) is 4.79 Å². The van der Waals surface area contributed by atoms with Crippen LogP contribution in [0.4, 0.5) is 5.82 Å². The summed E-state index contributed by atoms with van der Waals surface area (Å²) in [6.45, 7) is 7.67. The molecule has 0 bridgehead atoms. The van der Waals surface area contributed by atoms with Gasteiger partial charge in [0.25, 0.3) is 0 Å². The van der Waals surface area contributed by atoms with E-state index in [9.17, 15) is 9.90 Å². The molecule has 2 rings (SSSR count). The summed E-state index contributed by atoms with van der Waals surface area (Å²) in [7, 11) is 0. The number of aromatic nitrogens is 2. The number of hydrogen-bond donors (Lipinski definition) is 2. The van der Waals surface area contributed by atoms with Crippen LogP contribution in [0.15, 0.2) is 48.9 Å². The minimum absolute atomic E-state index is 0.0445. The number of rotatable bonds is 9. The van der Waals surface area contributed by atoms with Gasteiger partial charge in [-0.2, -0.15) is 5.10 Å². The van der Waals surface area contributed by atoms with Crippen LogP contribution < -0.4 is 5.32 Å². The fraction of sp³-hybridized carbons (Fsp3) is 0.294. The molecule has 23 heavy (non-hydrogen) atoms. The molecule has 0 aromatic carbocycles. The largest absolute Gasteiger partial charge is 0.394 e. The summed E-state index contributed by atoms with van der Waals surface area (Å²) in [6, 6.07) is 5.76. The Morgan fingerprint density at radius 3 is 2.74 bits per heavy atom.